The summed E-state index contributed by atoms with van der Waals surface area (Å²) in [4.78, 5) is 2.73. The van der Waals surface area contributed by atoms with Crippen molar-refractivity contribution in [3.05, 3.63) is 59.7 Å². The van der Waals surface area contributed by atoms with Crippen LogP contribution >= 0.6 is 0 Å². The van der Waals surface area contributed by atoms with Crippen LogP contribution in [0.1, 0.15) is 24.0 Å². The average molecular weight is 359 g/mol. The minimum absolute atomic E-state index is 0.296. The molecule has 2 aromatic carbocycles. The van der Waals surface area contributed by atoms with Gasteiger partial charge < -0.3 is 4.74 Å². The van der Waals surface area contributed by atoms with Crippen LogP contribution in [-0.2, 0) is 16.4 Å². The molecular formula is C20H25NO3S. The predicted molar refractivity (Wildman–Crippen MR) is 99.7 cm³/mol. The zero-order valence-corrected chi connectivity index (χ0v) is 15.6. The van der Waals surface area contributed by atoms with Gasteiger partial charge in [-0.25, -0.2) is 8.42 Å². The fourth-order valence-electron chi connectivity index (χ4n) is 3.29. The summed E-state index contributed by atoms with van der Waals surface area (Å²) in [5.41, 5.74) is 2.54. The number of nitrogens with zero attached hydrogens (tertiary/aromatic N) is 1. The average Bonchev–Trinajstić information content (AvgIpc) is 2.64. The van der Waals surface area contributed by atoms with E-state index in [0.29, 0.717) is 23.5 Å². The summed E-state index contributed by atoms with van der Waals surface area (Å²) in [7, 11) is -1.69. The molecule has 1 aliphatic heterocycles. The lowest BCUT2D eigenvalue weighted by Crippen LogP contribution is -2.38. The molecule has 0 bridgehead atoms. The third kappa shape index (κ3) is 4.22. The SMILES string of the molecule is COc1ccc(S(=O)(=O)C2CCN(Cc3ccc(C)cc3)CC2)cc1. The highest BCUT2D eigenvalue weighted by atomic mass is 32.2. The zero-order chi connectivity index (χ0) is 17.9. The monoisotopic (exact) mass is 359 g/mol. The number of hydrogen-bond donors (Lipinski definition) is 0. The van der Waals surface area contributed by atoms with Crippen LogP contribution in [0.3, 0.4) is 0 Å². The molecule has 1 saturated heterocycles. The Balaban J connectivity index is 1.61. The van der Waals surface area contributed by atoms with E-state index < -0.39 is 9.84 Å². The fraction of sp³-hybridized carbons (Fsp3) is 0.400. The smallest absolute Gasteiger partial charge is 0.181 e. The maximum absolute atomic E-state index is 12.8. The standard InChI is InChI=1S/C20H25NO3S/c1-16-3-5-17(6-4-16)15-21-13-11-20(12-14-21)25(22,23)19-9-7-18(24-2)8-10-19/h3-10,20H,11-15H2,1-2H3. The van der Waals surface area contributed by atoms with Gasteiger partial charge in [0.2, 0.25) is 0 Å². The molecule has 134 valence electrons. The van der Waals surface area contributed by atoms with E-state index in [9.17, 15) is 8.42 Å². The molecule has 0 unspecified atom stereocenters. The highest BCUT2D eigenvalue weighted by molar-refractivity contribution is 7.92. The first kappa shape index (κ1) is 18.0. The van der Waals surface area contributed by atoms with E-state index in [0.717, 1.165) is 19.6 Å². The minimum atomic E-state index is -3.27. The van der Waals surface area contributed by atoms with Crippen molar-refractivity contribution in [2.24, 2.45) is 0 Å². The molecule has 0 spiro atoms. The second kappa shape index (κ2) is 7.58. The van der Waals surface area contributed by atoms with Crippen molar-refractivity contribution in [1.82, 2.24) is 4.90 Å². The lowest BCUT2D eigenvalue weighted by molar-refractivity contribution is 0.222. The molecule has 5 heteroatoms. The molecule has 1 heterocycles. The Bertz CT molecular complexity index is 790. The van der Waals surface area contributed by atoms with Gasteiger partial charge >= 0.3 is 0 Å². The number of ether oxygens (including phenoxy) is 1. The highest BCUT2D eigenvalue weighted by Crippen LogP contribution is 2.26. The Hall–Kier alpha value is -1.85. The summed E-state index contributed by atoms with van der Waals surface area (Å²) in [5.74, 6) is 0.673. The zero-order valence-electron chi connectivity index (χ0n) is 14.8. The van der Waals surface area contributed by atoms with Crippen molar-refractivity contribution in [3.8, 4) is 5.75 Å². The van der Waals surface area contributed by atoms with Crippen LogP contribution in [0.15, 0.2) is 53.4 Å². The third-order valence-corrected chi connectivity index (χ3v) is 7.17. The van der Waals surface area contributed by atoms with E-state index >= 15 is 0 Å². The lowest BCUT2D eigenvalue weighted by Gasteiger charge is -2.31. The molecule has 0 N–H and O–H groups in total. The van der Waals surface area contributed by atoms with Gasteiger partial charge in [0.1, 0.15) is 5.75 Å². The second-order valence-electron chi connectivity index (χ2n) is 6.68. The topological polar surface area (TPSA) is 46.6 Å². The quantitative estimate of drug-likeness (QED) is 0.820. The lowest BCUT2D eigenvalue weighted by atomic mass is 10.1. The normalized spacial score (nSPS) is 16.7. The first-order chi connectivity index (χ1) is 12.0. The molecule has 25 heavy (non-hydrogen) atoms. The molecule has 0 atom stereocenters. The Morgan fingerprint density at radius 3 is 2.16 bits per heavy atom. The maximum atomic E-state index is 12.8. The van der Waals surface area contributed by atoms with Crippen LogP contribution in [0.4, 0.5) is 0 Å². The molecule has 4 nitrogen and oxygen atoms in total. The summed E-state index contributed by atoms with van der Waals surface area (Å²) in [6.45, 7) is 4.59. The van der Waals surface area contributed by atoms with Gasteiger partial charge in [0.15, 0.2) is 9.84 Å². The van der Waals surface area contributed by atoms with Gasteiger partial charge in [-0.3, -0.25) is 4.90 Å². The van der Waals surface area contributed by atoms with Crippen molar-refractivity contribution in [3.63, 3.8) is 0 Å². The van der Waals surface area contributed by atoms with Crippen LogP contribution < -0.4 is 4.74 Å². The predicted octanol–water partition coefficient (Wildman–Crippen LogP) is 3.44. The fourth-order valence-corrected chi connectivity index (χ4v) is 5.02. The molecule has 0 aliphatic carbocycles. The molecule has 0 aromatic heterocycles. The van der Waals surface area contributed by atoms with Gasteiger partial charge in [-0.05, 0) is 62.7 Å². The molecule has 1 aliphatic rings. The third-order valence-electron chi connectivity index (χ3n) is 4.89. The molecule has 0 saturated carbocycles. The van der Waals surface area contributed by atoms with Crippen LogP contribution in [-0.4, -0.2) is 38.8 Å². The van der Waals surface area contributed by atoms with E-state index in [1.54, 1.807) is 31.4 Å². The summed E-state index contributed by atoms with van der Waals surface area (Å²) in [5, 5.41) is -0.296. The largest absolute Gasteiger partial charge is 0.497 e. The van der Waals surface area contributed by atoms with E-state index in [-0.39, 0.29) is 5.25 Å². The van der Waals surface area contributed by atoms with Crippen molar-refractivity contribution >= 4 is 9.84 Å². The van der Waals surface area contributed by atoms with Crippen molar-refractivity contribution in [1.29, 1.82) is 0 Å². The van der Waals surface area contributed by atoms with Crippen LogP contribution in [0.5, 0.6) is 5.75 Å². The number of likely N-dealkylation sites (tertiary alicyclic amines) is 1. The molecule has 3 rings (SSSR count). The van der Waals surface area contributed by atoms with Crippen molar-refractivity contribution < 1.29 is 13.2 Å². The van der Waals surface area contributed by atoms with Gasteiger partial charge in [0.25, 0.3) is 0 Å². The van der Waals surface area contributed by atoms with E-state index in [1.165, 1.54) is 11.1 Å². The Morgan fingerprint density at radius 2 is 1.60 bits per heavy atom. The number of methoxy groups -OCH3 is 1. The summed E-state index contributed by atoms with van der Waals surface area (Å²) in [6.07, 6.45) is 1.36. The van der Waals surface area contributed by atoms with Gasteiger partial charge in [-0.1, -0.05) is 29.8 Å². The Kier molecular flexibility index (Phi) is 5.45. The molecular weight excluding hydrogens is 334 g/mol. The van der Waals surface area contributed by atoms with Gasteiger partial charge in [-0.15, -0.1) is 0 Å². The van der Waals surface area contributed by atoms with E-state index in [4.69, 9.17) is 4.74 Å². The molecule has 1 fully saturated rings. The summed E-state index contributed by atoms with van der Waals surface area (Å²) >= 11 is 0. The second-order valence-corrected chi connectivity index (χ2v) is 8.91. The number of benzene rings is 2. The van der Waals surface area contributed by atoms with E-state index in [1.807, 2.05) is 0 Å². The molecule has 0 amide bonds. The number of rotatable bonds is 5. The summed E-state index contributed by atoms with van der Waals surface area (Å²) in [6, 6.07) is 15.2. The van der Waals surface area contributed by atoms with Crippen LogP contribution in [0.25, 0.3) is 0 Å². The number of sulfone groups is 1. The number of aryl methyl sites for hydroxylation is 1. The first-order valence-electron chi connectivity index (χ1n) is 8.65. The maximum Gasteiger partial charge on any atom is 0.181 e. The van der Waals surface area contributed by atoms with E-state index in [2.05, 4.69) is 36.1 Å². The number of piperidine rings is 1. The minimum Gasteiger partial charge on any atom is -0.497 e. The van der Waals surface area contributed by atoms with Crippen LogP contribution in [0, 0.1) is 6.92 Å². The summed E-state index contributed by atoms with van der Waals surface area (Å²) < 4.78 is 30.8. The van der Waals surface area contributed by atoms with Crippen molar-refractivity contribution in [2.45, 2.75) is 36.5 Å². The van der Waals surface area contributed by atoms with Crippen molar-refractivity contribution in [2.75, 3.05) is 20.2 Å². The van der Waals surface area contributed by atoms with Gasteiger partial charge in [-0.2, -0.15) is 0 Å². The first-order valence-corrected chi connectivity index (χ1v) is 10.2. The van der Waals surface area contributed by atoms with Gasteiger partial charge in [0, 0.05) is 6.54 Å². The van der Waals surface area contributed by atoms with Gasteiger partial charge in [0.05, 0.1) is 17.3 Å². The molecule has 0 radical (unpaired) electrons. The van der Waals surface area contributed by atoms with Crippen LogP contribution in [0.2, 0.25) is 0 Å². The highest BCUT2D eigenvalue weighted by Gasteiger charge is 2.31. The molecule has 2 aromatic rings. The Labute approximate surface area is 150 Å². The number of hydrogen-bond acceptors (Lipinski definition) is 4. The Morgan fingerprint density at radius 1 is 1.00 bits per heavy atom.